The van der Waals surface area contributed by atoms with Crippen LogP contribution in [0.5, 0.6) is 0 Å². The van der Waals surface area contributed by atoms with Crippen LogP contribution >= 0.6 is 0 Å². The first kappa shape index (κ1) is 14.7. The quantitative estimate of drug-likeness (QED) is 0.923. The molecule has 1 aliphatic rings. The first-order chi connectivity index (χ1) is 8.99. The summed E-state index contributed by atoms with van der Waals surface area (Å²) in [4.78, 5) is 0.935. The van der Waals surface area contributed by atoms with E-state index in [1.54, 1.807) is 0 Å². The van der Waals surface area contributed by atoms with Crippen LogP contribution < -0.4 is 5.73 Å². The molecule has 0 spiro atoms. The van der Waals surface area contributed by atoms with Crippen molar-refractivity contribution >= 4 is 10.8 Å². The normalized spacial score (nSPS) is 29.4. The van der Waals surface area contributed by atoms with Gasteiger partial charge in [-0.1, -0.05) is 26.0 Å². The number of hydrogen-bond donors (Lipinski definition) is 1. The topological polar surface area (TPSA) is 43.1 Å². The third-order valence-electron chi connectivity index (χ3n) is 4.32. The Balaban J connectivity index is 2.17. The van der Waals surface area contributed by atoms with Gasteiger partial charge < -0.3 is 5.73 Å². The number of hydrogen-bond acceptors (Lipinski definition) is 2. The van der Waals surface area contributed by atoms with Gasteiger partial charge in [0.15, 0.2) is 0 Å². The number of rotatable bonds is 3. The lowest BCUT2D eigenvalue weighted by atomic mass is 9.79. The maximum absolute atomic E-state index is 12.8. The lowest BCUT2D eigenvalue weighted by molar-refractivity contribution is 0.264. The maximum Gasteiger partial charge on any atom is 0.0576 e. The zero-order chi connectivity index (χ0) is 14.0. The molecule has 0 heterocycles. The van der Waals surface area contributed by atoms with Gasteiger partial charge in [0.2, 0.25) is 0 Å². The van der Waals surface area contributed by atoms with Gasteiger partial charge in [0.05, 0.1) is 16.0 Å². The zero-order valence-corrected chi connectivity index (χ0v) is 13.0. The molecule has 0 aromatic heterocycles. The highest BCUT2D eigenvalue weighted by Gasteiger charge is 2.33. The van der Waals surface area contributed by atoms with Crippen LogP contribution in [0.4, 0.5) is 0 Å². The van der Waals surface area contributed by atoms with Gasteiger partial charge in [-0.25, -0.2) is 0 Å². The molecule has 0 amide bonds. The molecule has 2 rings (SSSR count). The fourth-order valence-electron chi connectivity index (χ4n) is 2.95. The number of nitrogens with two attached hydrogens (primary N) is 1. The van der Waals surface area contributed by atoms with E-state index in [0.29, 0.717) is 11.8 Å². The fraction of sp³-hybridized carbons (Fsp3) is 0.625. The van der Waals surface area contributed by atoms with Crippen LogP contribution in [0.2, 0.25) is 0 Å². The fourth-order valence-corrected chi connectivity index (χ4v) is 4.69. The summed E-state index contributed by atoms with van der Waals surface area (Å²) in [5, 5.41) is 0.114. The van der Waals surface area contributed by atoms with E-state index in [2.05, 4.69) is 13.8 Å². The highest BCUT2D eigenvalue weighted by molar-refractivity contribution is 7.85. The molecule has 3 heteroatoms. The highest BCUT2D eigenvalue weighted by Crippen LogP contribution is 2.33. The summed E-state index contributed by atoms with van der Waals surface area (Å²) in [7, 11) is -0.972. The second kappa shape index (κ2) is 6.19. The van der Waals surface area contributed by atoms with E-state index in [1.807, 2.05) is 31.2 Å². The predicted molar refractivity (Wildman–Crippen MR) is 81.5 cm³/mol. The van der Waals surface area contributed by atoms with Crippen LogP contribution in [-0.4, -0.2) is 15.5 Å². The number of aryl methyl sites for hydroxylation is 1. The van der Waals surface area contributed by atoms with Crippen LogP contribution in [0.15, 0.2) is 29.2 Å². The van der Waals surface area contributed by atoms with Gasteiger partial charge in [-0.15, -0.1) is 0 Å². The Morgan fingerprint density at radius 3 is 2.68 bits per heavy atom. The van der Waals surface area contributed by atoms with E-state index in [9.17, 15) is 4.21 Å². The van der Waals surface area contributed by atoms with Crippen molar-refractivity contribution in [2.24, 2.45) is 17.6 Å². The summed E-state index contributed by atoms with van der Waals surface area (Å²) in [6, 6.07) is 8.10. The molecule has 1 aliphatic carbocycles. The van der Waals surface area contributed by atoms with E-state index in [4.69, 9.17) is 5.73 Å². The molecule has 1 fully saturated rings. The first-order valence-electron chi connectivity index (χ1n) is 7.22. The van der Waals surface area contributed by atoms with Crippen LogP contribution in [-0.2, 0) is 10.8 Å². The Morgan fingerprint density at radius 1 is 1.32 bits per heavy atom. The Kier molecular flexibility index (Phi) is 4.80. The molecule has 19 heavy (non-hydrogen) atoms. The van der Waals surface area contributed by atoms with Gasteiger partial charge in [0.1, 0.15) is 0 Å². The molecule has 1 saturated carbocycles. The third kappa shape index (κ3) is 3.46. The Morgan fingerprint density at radius 2 is 2.05 bits per heavy atom. The van der Waals surface area contributed by atoms with Crippen molar-refractivity contribution in [3.63, 3.8) is 0 Å². The summed E-state index contributed by atoms with van der Waals surface area (Å²) in [6.07, 6.45) is 3.19. The van der Waals surface area contributed by atoms with Crippen molar-refractivity contribution in [1.82, 2.24) is 0 Å². The lowest BCUT2D eigenvalue weighted by Gasteiger charge is -2.35. The molecule has 0 radical (unpaired) electrons. The minimum atomic E-state index is -0.972. The van der Waals surface area contributed by atoms with E-state index in [0.717, 1.165) is 23.3 Å². The molecular formula is C16H25NOS. The largest absolute Gasteiger partial charge is 0.327 e. The Bertz CT molecular complexity index is 458. The van der Waals surface area contributed by atoms with Gasteiger partial charge >= 0.3 is 0 Å². The minimum absolute atomic E-state index is 0.0799. The second-order valence-electron chi connectivity index (χ2n) is 6.13. The van der Waals surface area contributed by atoms with Crippen molar-refractivity contribution in [2.75, 3.05) is 0 Å². The average Bonchev–Trinajstić information content (AvgIpc) is 2.38. The van der Waals surface area contributed by atoms with E-state index in [-0.39, 0.29) is 11.3 Å². The summed E-state index contributed by atoms with van der Waals surface area (Å²) >= 11 is 0. The molecule has 0 bridgehead atoms. The van der Waals surface area contributed by atoms with Crippen LogP contribution in [0.3, 0.4) is 0 Å². The molecular weight excluding hydrogens is 254 g/mol. The molecule has 1 aromatic carbocycles. The number of benzene rings is 1. The molecule has 4 unspecified atom stereocenters. The molecule has 0 aliphatic heterocycles. The molecule has 106 valence electrons. The SMILES string of the molecule is Cc1cccc(S(=O)C2CC(C(C)C)CCC2N)c1. The average molecular weight is 279 g/mol. The van der Waals surface area contributed by atoms with Crippen LogP contribution in [0.1, 0.15) is 38.7 Å². The van der Waals surface area contributed by atoms with Gasteiger partial charge in [-0.05, 0) is 55.7 Å². The molecule has 4 atom stereocenters. The van der Waals surface area contributed by atoms with E-state index in [1.165, 1.54) is 6.42 Å². The second-order valence-corrected chi connectivity index (χ2v) is 7.81. The van der Waals surface area contributed by atoms with Crippen molar-refractivity contribution in [3.05, 3.63) is 29.8 Å². The highest BCUT2D eigenvalue weighted by atomic mass is 32.2. The molecule has 2 nitrogen and oxygen atoms in total. The van der Waals surface area contributed by atoms with E-state index >= 15 is 0 Å². The Hall–Kier alpha value is -0.670. The van der Waals surface area contributed by atoms with E-state index < -0.39 is 10.8 Å². The van der Waals surface area contributed by atoms with Crippen molar-refractivity contribution in [1.29, 1.82) is 0 Å². The summed E-state index contributed by atoms with van der Waals surface area (Å²) < 4.78 is 12.8. The molecule has 0 saturated heterocycles. The third-order valence-corrected chi connectivity index (χ3v) is 6.13. The van der Waals surface area contributed by atoms with Crippen LogP contribution in [0, 0.1) is 18.8 Å². The summed E-state index contributed by atoms with van der Waals surface area (Å²) in [5.41, 5.74) is 7.39. The van der Waals surface area contributed by atoms with Gasteiger partial charge in [-0.2, -0.15) is 0 Å². The molecule has 1 aromatic rings. The smallest absolute Gasteiger partial charge is 0.0576 e. The van der Waals surface area contributed by atoms with Crippen molar-refractivity contribution in [3.8, 4) is 0 Å². The van der Waals surface area contributed by atoms with Crippen LogP contribution in [0.25, 0.3) is 0 Å². The lowest BCUT2D eigenvalue weighted by Crippen LogP contribution is -2.43. The summed E-state index contributed by atoms with van der Waals surface area (Å²) in [6.45, 7) is 6.56. The standard InChI is InChI=1S/C16H25NOS/c1-11(2)13-7-8-15(17)16(10-13)19(18)14-6-4-5-12(3)9-14/h4-6,9,11,13,15-16H,7-8,10,17H2,1-3H3. The van der Waals surface area contributed by atoms with Crippen molar-refractivity contribution < 1.29 is 4.21 Å². The minimum Gasteiger partial charge on any atom is -0.327 e. The van der Waals surface area contributed by atoms with Gasteiger partial charge in [-0.3, -0.25) is 4.21 Å². The zero-order valence-electron chi connectivity index (χ0n) is 12.1. The Labute approximate surface area is 119 Å². The van der Waals surface area contributed by atoms with Gasteiger partial charge in [0, 0.05) is 10.9 Å². The summed E-state index contributed by atoms with van der Waals surface area (Å²) in [5.74, 6) is 1.32. The monoisotopic (exact) mass is 279 g/mol. The predicted octanol–water partition coefficient (Wildman–Crippen LogP) is 3.25. The maximum atomic E-state index is 12.8. The first-order valence-corrected chi connectivity index (χ1v) is 8.43. The van der Waals surface area contributed by atoms with Crippen molar-refractivity contribution in [2.45, 2.75) is 56.2 Å². The van der Waals surface area contributed by atoms with Gasteiger partial charge in [0.25, 0.3) is 0 Å². The molecule has 2 N–H and O–H groups in total.